The van der Waals surface area contributed by atoms with Gasteiger partial charge in [-0.1, -0.05) is 66.4 Å². The minimum absolute atomic E-state index is 1.02. The minimum Gasteiger partial charge on any atom is -0.241 e. The van der Waals surface area contributed by atoms with Crippen molar-refractivity contribution in [2.75, 3.05) is 0 Å². The van der Waals surface area contributed by atoms with E-state index in [-0.39, 0.29) is 0 Å². The molecule has 0 amide bonds. The van der Waals surface area contributed by atoms with Crippen molar-refractivity contribution < 1.29 is 0 Å². The van der Waals surface area contributed by atoms with Crippen molar-refractivity contribution in [3.63, 3.8) is 0 Å². The van der Waals surface area contributed by atoms with Gasteiger partial charge in [-0.2, -0.15) is 0 Å². The fourth-order valence-corrected chi connectivity index (χ4v) is 2.52. The molecule has 0 aliphatic rings. The summed E-state index contributed by atoms with van der Waals surface area (Å²) in [6.07, 6.45) is 2.10. The largest absolute Gasteiger partial charge is 0.241 e. The predicted molar refractivity (Wildman–Crippen MR) is 83.1 cm³/mol. The molecule has 0 N–H and O–H groups in total. The molecule has 92 valence electrons. The van der Waals surface area contributed by atoms with Crippen LogP contribution in [-0.2, 0) is 0 Å². The number of pyridine rings is 1. The molecule has 0 aliphatic carbocycles. The summed E-state index contributed by atoms with van der Waals surface area (Å²) in [6, 6.07) is 22.6. The van der Waals surface area contributed by atoms with Crippen LogP contribution in [0.3, 0.4) is 0 Å². The molecular weight excluding hydrogens is 250 g/mol. The Kier molecular flexibility index (Phi) is 3.61. The Bertz CT molecular complexity index is 705. The van der Waals surface area contributed by atoms with Gasteiger partial charge in [0, 0.05) is 5.39 Å². The number of rotatable bonds is 3. The van der Waals surface area contributed by atoms with E-state index in [0.29, 0.717) is 0 Å². The van der Waals surface area contributed by atoms with Crippen molar-refractivity contribution in [1.29, 1.82) is 0 Å². The average Bonchev–Trinajstić information content (AvgIpc) is 2.48. The molecule has 0 unspecified atom stereocenters. The lowest BCUT2D eigenvalue weighted by atomic mass is 10.2. The van der Waals surface area contributed by atoms with E-state index in [2.05, 4.69) is 46.8 Å². The Morgan fingerprint density at radius 1 is 0.789 bits per heavy atom. The van der Waals surface area contributed by atoms with Gasteiger partial charge in [-0.3, -0.25) is 0 Å². The van der Waals surface area contributed by atoms with Crippen LogP contribution in [0.4, 0.5) is 0 Å². The summed E-state index contributed by atoms with van der Waals surface area (Å²) in [4.78, 5) is 4.62. The molecule has 2 heteroatoms. The topological polar surface area (TPSA) is 12.9 Å². The lowest BCUT2D eigenvalue weighted by molar-refractivity contribution is 1.20. The highest BCUT2D eigenvalue weighted by Crippen LogP contribution is 2.21. The zero-order valence-corrected chi connectivity index (χ0v) is 11.2. The molecule has 1 heterocycles. The Labute approximate surface area is 117 Å². The second-order valence-electron chi connectivity index (χ2n) is 4.17. The molecule has 19 heavy (non-hydrogen) atoms. The number of aromatic nitrogens is 1. The number of hydrogen-bond acceptors (Lipinski definition) is 2. The summed E-state index contributed by atoms with van der Waals surface area (Å²) in [5, 5.41) is 4.27. The van der Waals surface area contributed by atoms with Crippen LogP contribution >= 0.6 is 11.8 Å². The maximum absolute atomic E-state index is 4.62. The molecule has 1 aromatic heterocycles. The second kappa shape index (κ2) is 5.72. The molecule has 0 bridgehead atoms. The number of para-hydroxylation sites is 1. The van der Waals surface area contributed by atoms with Gasteiger partial charge in [0.2, 0.25) is 0 Å². The minimum atomic E-state index is 1.02. The summed E-state index contributed by atoms with van der Waals surface area (Å²) in [5.74, 6) is 0. The first-order chi connectivity index (χ1) is 9.42. The molecule has 0 spiro atoms. The summed E-state index contributed by atoms with van der Waals surface area (Å²) in [6.45, 7) is 0. The normalized spacial score (nSPS) is 11.2. The number of hydrogen-bond donors (Lipinski definition) is 0. The molecule has 0 saturated heterocycles. The van der Waals surface area contributed by atoms with Crippen LogP contribution in [-0.4, -0.2) is 4.98 Å². The average molecular weight is 263 g/mol. The van der Waals surface area contributed by atoms with Crippen molar-refractivity contribution in [2.24, 2.45) is 0 Å². The van der Waals surface area contributed by atoms with Crippen molar-refractivity contribution >= 4 is 28.7 Å². The molecule has 1 nitrogen and oxygen atoms in total. The van der Waals surface area contributed by atoms with E-state index in [1.54, 1.807) is 11.8 Å². The SMILES string of the molecule is C(=Cc1ccccc1)Sc1ccc2ccccc2n1. The lowest BCUT2D eigenvalue weighted by Crippen LogP contribution is -1.80. The molecular formula is C17H13NS. The molecule has 0 saturated carbocycles. The van der Waals surface area contributed by atoms with E-state index < -0.39 is 0 Å². The predicted octanol–water partition coefficient (Wildman–Crippen LogP) is 5.00. The van der Waals surface area contributed by atoms with E-state index >= 15 is 0 Å². The third-order valence-electron chi connectivity index (χ3n) is 2.82. The molecule has 3 aromatic rings. The van der Waals surface area contributed by atoms with Crippen LogP contribution < -0.4 is 0 Å². The number of benzene rings is 2. The summed E-state index contributed by atoms with van der Waals surface area (Å²) in [5.41, 5.74) is 2.25. The monoisotopic (exact) mass is 263 g/mol. The van der Waals surface area contributed by atoms with Gasteiger partial charge in [-0.25, -0.2) is 4.98 Å². The van der Waals surface area contributed by atoms with Gasteiger partial charge in [0.1, 0.15) is 5.03 Å². The third-order valence-corrected chi connectivity index (χ3v) is 3.56. The van der Waals surface area contributed by atoms with Gasteiger partial charge in [-0.15, -0.1) is 0 Å². The Hall–Kier alpha value is -2.06. The zero-order chi connectivity index (χ0) is 12.9. The first-order valence-electron chi connectivity index (χ1n) is 6.16. The van der Waals surface area contributed by atoms with Crippen LogP contribution in [0, 0.1) is 0 Å². The molecule has 0 atom stereocenters. The highest BCUT2D eigenvalue weighted by molar-refractivity contribution is 8.02. The number of nitrogens with zero attached hydrogens (tertiary/aromatic N) is 1. The van der Waals surface area contributed by atoms with Gasteiger partial charge < -0.3 is 0 Å². The van der Waals surface area contributed by atoms with Crippen molar-refractivity contribution in [3.05, 3.63) is 77.7 Å². The van der Waals surface area contributed by atoms with E-state index in [1.807, 2.05) is 36.4 Å². The Balaban J connectivity index is 1.77. The molecule has 0 fully saturated rings. The molecule has 2 aromatic carbocycles. The van der Waals surface area contributed by atoms with Gasteiger partial charge in [0.05, 0.1) is 5.52 Å². The summed E-state index contributed by atoms with van der Waals surface area (Å²) >= 11 is 1.64. The first-order valence-corrected chi connectivity index (χ1v) is 7.04. The van der Waals surface area contributed by atoms with E-state index in [4.69, 9.17) is 0 Å². The van der Waals surface area contributed by atoms with Crippen molar-refractivity contribution in [2.45, 2.75) is 5.03 Å². The van der Waals surface area contributed by atoms with E-state index in [9.17, 15) is 0 Å². The fourth-order valence-electron chi connectivity index (χ4n) is 1.86. The maximum Gasteiger partial charge on any atom is 0.101 e. The van der Waals surface area contributed by atoms with Crippen LogP contribution in [0.5, 0.6) is 0 Å². The van der Waals surface area contributed by atoms with Gasteiger partial charge in [-0.05, 0) is 29.2 Å². The van der Waals surface area contributed by atoms with Crippen LogP contribution in [0.15, 0.2) is 77.2 Å². The number of thioether (sulfide) groups is 1. The summed E-state index contributed by atoms with van der Waals surface area (Å²) < 4.78 is 0. The maximum atomic E-state index is 4.62. The van der Waals surface area contributed by atoms with E-state index in [1.165, 1.54) is 10.9 Å². The third kappa shape index (κ3) is 3.04. The fraction of sp³-hybridized carbons (Fsp3) is 0. The standard InChI is InChI=1S/C17H13NS/c1-2-6-14(7-3-1)12-13-19-17-11-10-15-8-4-5-9-16(15)18-17/h1-13H. The van der Waals surface area contributed by atoms with Gasteiger partial charge in [0.25, 0.3) is 0 Å². The highest BCUT2D eigenvalue weighted by Gasteiger charge is 1.96. The Morgan fingerprint density at radius 3 is 2.47 bits per heavy atom. The molecule has 0 radical (unpaired) electrons. The quantitative estimate of drug-likeness (QED) is 0.617. The smallest absolute Gasteiger partial charge is 0.101 e. The van der Waals surface area contributed by atoms with Crippen LogP contribution in [0.2, 0.25) is 0 Å². The van der Waals surface area contributed by atoms with Gasteiger partial charge in [0.15, 0.2) is 0 Å². The Morgan fingerprint density at radius 2 is 1.58 bits per heavy atom. The second-order valence-corrected chi connectivity index (χ2v) is 5.10. The highest BCUT2D eigenvalue weighted by atomic mass is 32.2. The number of fused-ring (bicyclic) bond motifs is 1. The zero-order valence-electron chi connectivity index (χ0n) is 10.4. The molecule has 3 rings (SSSR count). The van der Waals surface area contributed by atoms with Crippen LogP contribution in [0.25, 0.3) is 17.0 Å². The first kappa shape index (κ1) is 12.0. The lowest BCUT2D eigenvalue weighted by Gasteiger charge is -1.99. The van der Waals surface area contributed by atoms with Crippen LogP contribution in [0.1, 0.15) is 5.56 Å². The van der Waals surface area contributed by atoms with Crippen molar-refractivity contribution in [1.82, 2.24) is 4.98 Å². The summed E-state index contributed by atoms with van der Waals surface area (Å²) in [7, 11) is 0. The van der Waals surface area contributed by atoms with Crippen molar-refractivity contribution in [3.8, 4) is 0 Å². The van der Waals surface area contributed by atoms with Gasteiger partial charge >= 0.3 is 0 Å². The van der Waals surface area contributed by atoms with E-state index in [0.717, 1.165) is 10.5 Å². The molecule has 0 aliphatic heterocycles.